The number of carbonyl (C=O) groups excluding carboxylic acids is 1. The van der Waals surface area contributed by atoms with Gasteiger partial charge in [-0.25, -0.2) is 4.68 Å². The first-order valence-corrected chi connectivity index (χ1v) is 13.7. The molecule has 1 aliphatic heterocycles. The van der Waals surface area contributed by atoms with E-state index in [2.05, 4.69) is 20.7 Å². The van der Waals surface area contributed by atoms with Crippen molar-refractivity contribution in [1.82, 2.24) is 14.8 Å². The van der Waals surface area contributed by atoms with Crippen molar-refractivity contribution in [2.24, 2.45) is 0 Å². The number of nitro benzene ring substituents is 1. The number of hydrogen-bond acceptors (Lipinski definition) is 8. The van der Waals surface area contributed by atoms with Crippen LogP contribution in [-0.2, 0) is 10.5 Å². The number of halogens is 1. The zero-order chi connectivity index (χ0) is 28.6. The Bertz CT molecular complexity index is 1690. The highest BCUT2D eigenvalue weighted by molar-refractivity contribution is 7.98. The Hall–Kier alpha value is -4.35. The summed E-state index contributed by atoms with van der Waals surface area (Å²) in [6, 6.07) is 16.3. The lowest BCUT2D eigenvalue weighted by Crippen LogP contribution is -2.31. The highest BCUT2D eigenvalue weighted by Gasteiger charge is 2.35. The maximum absolute atomic E-state index is 13.8. The third kappa shape index (κ3) is 5.25. The summed E-state index contributed by atoms with van der Waals surface area (Å²) in [6.45, 7) is 5.62. The largest absolute Gasteiger partial charge is 0.502 e. The van der Waals surface area contributed by atoms with Gasteiger partial charge in [-0.1, -0.05) is 59.8 Å². The predicted molar refractivity (Wildman–Crippen MR) is 155 cm³/mol. The fourth-order valence-electron chi connectivity index (χ4n) is 4.49. The summed E-state index contributed by atoms with van der Waals surface area (Å²) in [4.78, 5) is 29.4. The second-order valence-electron chi connectivity index (χ2n) is 9.32. The Balaban J connectivity index is 1.56. The number of nitrogens with one attached hydrogen (secondary N) is 2. The van der Waals surface area contributed by atoms with E-state index < -0.39 is 28.3 Å². The van der Waals surface area contributed by atoms with Crippen LogP contribution in [0.3, 0.4) is 0 Å². The van der Waals surface area contributed by atoms with Crippen molar-refractivity contribution in [3.8, 4) is 5.75 Å². The average molecular weight is 577 g/mol. The minimum Gasteiger partial charge on any atom is -0.502 e. The van der Waals surface area contributed by atoms with Crippen molar-refractivity contribution in [2.45, 2.75) is 37.7 Å². The number of fused-ring (bicyclic) bond motifs is 1. The van der Waals surface area contributed by atoms with Crippen LogP contribution in [0.2, 0.25) is 5.02 Å². The molecular weight excluding hydrogens is 552 g/mol. The molecule has 10 nitrogen and oxygen atoms in total. The number of thioether (sulfide) groups is 1. The van der Waals surface area contributed by atoms with E-state index in [1.165, 1.54) is 28.6 Å². The molecule has 2 heterocycles. The number of aryl methyl sites for hydroxylation is 1. The summed E-state index contributed by atoms with van der Waals surface area (Å²) in [7, 11) is 0. The molecule has 0 spiro atoms. The molecule has 3 aromatic carbocycles. The van der Waals surface area contributed by atoms with Gasteiger partial charge in [-0.3, -0.25) is 14.9 Å². The fraction of sp³-hybridized carbons (Fsp3) is 0.179. The van der Waals surface area contributed by atoms with E-state index in [1.54, 1.807) is 13.0 Å². The number of carbonyl (C=O) groups is 1. The Morgan fingerprint density at radius 1 is 1.18 bits per heavy atom. The number of nitrogens with zero attached hydrogens (tertiary/aromatic N) is 4. The number of amides is 1. The molecule has 3 N–H and O–H groups in total. The lowest BCUT2D eigenvalue weighted by molar-refractivity contribution is -0.385. The number of phenols is 1. The SMILES string of the molecule is CC1=C(C(=O)Nc2cccc(C)c2C)C(c2ccc(O)c([N+](=O)[O-])c2)n2nc(SCc3ccccc3Cl)nc2N1. The average Bonchev–Trinajstić information content (AvgIpc) is 3.32. The molecule has 40 heavy (non-hydrogen) atoms. The zero-order valence-corrected chi connectivity index (χ0v) is 23.4. The maximum Gasteiger partial charge on any atom is 0.311 e. The van der Waals surface area contributed by atoms with Crippen molar-refractivity contribution in [2.75, 3.05) is 10.6 Å². The molecule has 1 amide bonds. The van der Waals surface area contributed by atoms with Gasteiger partial charge in [0.05, 0.1) is 10.5 Å². The van der Waals surface area contributed by atoms with Crippen molar-refractivity contribution in [3.05, 3.63) is 109 Å². The quantitative estimate of drug-likeness (QED) is 0.131. The van der Waals surface area contributed by atoms with Gasteiger partial charge in [-0.15, -0.1) is 5.10 Å². The van der Waals surface area contributed by atoms with Crippen molar-refractivity contribution >= 4 is 46.6 Å². The molecule has 0 aliphatic carbocycles. The molecule has 1 aromatic heterocycles. The predicted octanol–water partition coefficient (Wildman–Crippen LogP) is 6.38. The Morgan fingerprint density at radius 3 is 2.70 bits per heavy atom. The van der Waals surface area contributed by atoms with E-state index in [0.717, 1.165) is 16.7 Å². The van der Waals surface area contributed by atoms with Crippen molar-refractivity contribution in [1.29, 1.82) is 0 Å². The molecule has 4 aromatic rings. The molecule has 5 rings (SSSR count). The topological polar surface area (TPSA) is 135 Å². The summed E-state index contributed by atoms with van der Waals surface area (Å²) in [5.41, 5.74) is 4.27. The van der Waals surface area contributed by atoms with Crippen LogP contribution in [0.5, 0.6) is 5.75 Å². The molecule has 12 heteroatoms. The molecule has 0 saturated heterocycles. The summed E-state index contributed by atoms with van der Waals surface area (Å²) < 4.78 is 1.54. The van der Waals surface area contributed by atoms with Gasteiger partial charge >= 0.3 is 5.69 Å². The molecule has 0 radical (unpaired) electrons. The van der Waals surface area contributed by atoms with Gasteiger partial charge < -0.3 is 15.7 Å². The van der Waals surface area contributed by atoms with E-state index in [4.69, 9.17) is 11.6 Å². The third-order valence-corrected chi connectivity index (χ3v) is 8.01. The Labute approximate surface area is 239 Å². The summed E-state index contributed by atoms with van der Waals surface area (Å²) in [6.07, 6.45) is 0. The lowest BCUT2D eigenvalue weighted by atomic mass is 9.94. The number of nitro groups is 1. The van der Waals surface area contributed by atoms with Crippen molar-refractivity contribution < 1.29 is 14.8 Å². The second-order valence-corrected chi connectivity index (χ2v) is 10.7. The van der Waals surface area contributed by atoms with Crippen LogP contribution in [0.15, 0.2) is 77.1 Å². The molecule has 204 valence electrons. The zero-order valence-electron chi connectivity index (χ0n) is 21.8. The second kappa shape index (κ2) is 11.0. The van der Waals surface area contributed by atoms with Gasteiger partial charge in [-0.05, 0) is 61.2 Å². The van der Waals surface area contributed by atoms with Gasteiger partial charge in [0.25, 0.3) is 5.91 Å². The number of hydrogen-bond donors (Lipinski definition) is 3. The van der Waals surface area contributed by atoms with E-state index in [9.17, 15) is 20.0 Å². The fourth-order valence-corrected chi connectivity index (χ4v) is 5.60. The first-order chi connectivity index (χ1) is 19.1. The number of aromatic nitrogens is 3. The van der Waals surface area contributed by atoms with Crippen LogP contribution >= 0.6 is 23.4 Å². The highest BCUT2D eigenvalue weighted by atomic mass is 35.5. The molecule has 0 saturated carbocycles. The smallest absolute Gasteiger partial charge is 0.311 e. The van der Waals surface area contributed by atoms with Crippen LogP contribution in [0, 0.1) is 24.0 Å². The van der Waals surface area contributed by atoms with Crippen molar-refractivity contribution in [3.63, 3.8) is 0 Å². The van der Waals surface area contributed by atoms with E-state index in [1.807, 2.05) is 56.3 Å². The molecule has 1 aliphatic rings. The van der Waals surface area contributed by atoms with E-state index in [0.29, 0.717) is 44.4 Å². The van der Waals surface area contributed by atoms with Crippen LogP contribution in [-0.4, -0.2) is 30.7 Å². The van der Waals surface area contributed by atoms with Gasteiger partial charge in [0.2, 0.25) is 11.1 Å². The van der Waals surface area contributed by atoms with Crippen LogP contribution in [0.25, 0.3) is 0 Å². The van der Waals surface area contributed by atoms with Crippen LogP contribution < -0.4 is 10.6 Å². The van der Waals surface area contributed by atoms with Gasteiger partial charge in [0.15, 0.2) is 5.75 Å². The number of anilines is 2. The molecular formula is C28H25ClN6O4S. The molecule has 0 fully saturated rings. The number of rotatable bonds is 7. The van der Waals surface area contributed by atoms with Gasteiger partial charge in [0.1, 0.15) is 6.04 Å². The minimum atomic E-state index is -0.858. The molecule has 0 bridgehead atoms. The normalized spacial score (nSPS) is 14.4. The molecule has 1 atom stereocenters. The summed E-state index contributed by atoms with van der Waals surface area (Å²) in [5, 5.41) is 33.6. The Morgan fingerprint density at radius 2 is 1.95 bits per heavy atom. The first-order valence-electron chi connectivity index (χ1n) is 12.3. The highest BCUT2D eigenvalue weighted by Crippen LogP contribution is 2.40. The minimum absolute atomic E-state index is 0.306. The first kappa shape index (κ1) is 27.2. The van der Waals surface area contributed by atoms with Gasteiger partial charge in [-0.2, -0.15) is 4.98 Å². The summed E-state index contributed by atoms with van der Waals surface area (Å²) >= 11 is 7.68. The van der Waals surface area contributed by atoms with Gasteiger partial charge in [0, 0.05) is 28.2 Å². The van der Waals surface area contributed by atoms with Crippen LogP contribution in [0.1, 0.15) is 35.2 Å². The van der Waals surface area contributed by atoms with E-state index >= 15 is 0 Å². The number of benzene rings is 3. The number of aromatic hydroxyl groups is 1. The number of phenolic OH excluding ortho intramolecular Hbond substituents is 1. The lowest BCUT2D eigenvalue weighted by Gasteiger charge is -2.28. The maximum atomic E-state index is 13.8. The monoisotopic (exact) mass is 576 g/mol. The molecule has 1 unspecified atom stereocenters. The van der Waals surface area contributed by atoms with Crippen LogP contribution in [0.4, 0.5) is 17.3 Å². The third-order valence-electron chi connectivity index (χ3n) is 6.76. The standard InChI is InChI=1S/C28H25ClN6O4S/c1-15-7-6-10-21(16(15)2)31-26(37)24-17(3)30-27-32-28(40-14-19-8-4-5-9-20(19)29)33-34(27)25(24)18-11-12-23(36)22(13-18)35(38)39/h4-13,25,36H,14H2,1-3H3,(H,31,37)(H,30,32,33). The van der Waals surface area contributed by atoms with E-state index in [-0.39, 0.29) is 0 Å². The Kier molecular flexibility index (Phi) is 7.51. The summed E-state index contributed by atoms with van der Waals surface area (Å²) in [5.74, 6) is 0.0267. The number of allylic oxidation sites excluding steroid dienone is 1.